The van der Waals surface area contributed by atoms with E-state index in [1.165, 1.54) is 6.07 Å². The van der Waals surface area contributed by atoms with Gasteiger partial charge in [0.25, 0.3) is 5.69 Å². The summed E-state index contributed by atoms with van der Waals surface area (Å²) in [5.41, 5.74) is 0.691. The highest BCUT2D eigenvalue weighted by atomic mass is 32.2. The average molecular weight is 282 g/mol. The lowest BCUT2D eigenvalue weighted by Crippen LogP contribution is -2.11. The zero-order chi connectivity index (χ0) is 13.8. The van der Waals surface area contributed by atoms with Gasteiger partial charge < -0.3 is 4.74 Å². The van der Waals surface area contributed by atoms with Crippen molar-refractivity contribution in [3.05, 3.63) is 34.5 Å². The molecular weight excluding hydrogens is 266 g/mol. The highest BCUT2D eigenvalue weighted by Crippen LogP contribution is 2.23. The molecule has 0 aliphatic heterocycles. The van der Waals surface area contributed by atoms with E-state index < -0.39 is 4.92 Å². The Morgan fingerprint density at radius 2 is 2.26 bits per heavy atom. The van der Waals surface area contributed by atoms with E-state index in [2.05, 4.69) is 17.6 Å². The fraction of sp³-hybridized carbons (Fsp3) is 0.417. The van der Waals surface area contributed by atoms with E-state index in [0.717, 1.165) is 5.75 Å². The summed E-state index contributed by atoms with van der Waals surface area (Å²) in [6.07, 6.45) is 5.98. The van der Waals surface area contributed by atoms with Gasteiger partial charge in [-0.2, -0.15) is 5.10 Å². The molecule has 0 saturated heterocycles. The molecule has 0 saturated carbocycles. The second-order valence-electron chi connectivity index (χ2n) is 4.36. The first-order chi connectivity index (χ1) is 9.08. The number of nitro groups is 1. The first kappa shape index (κ1) is 13.8. The SMILES string of the molecule is C[S+](C)CCOCn1cc2c([N+](=O)[O-])cccc2n1. The number of rotatable bonds is 6. The van der Waals surface area contributed by atoms with Crippen molar-refractivity contribution in [2.24, 2.45) is 0 Å². The molecule has 0 radical (unpaired) electrons. The number of ether oxygens (including phenoxy) is 1. The summed E-state index contributed by atoms with van der Waals surface area (Å²) in [6.45, 7) is 0.997. The number of aromatic nitrogens is 2. The maximum atomic E-state index is 10.9. The smallest absolute Gasteiger partial charge is 0.280 e. The number of nitro benzene ring substituents is 1. The minimum atomic E-state index is -0.394. The van der Waals surface area contributed by atoms with Crippen molar-refractivity contribution >= 4 is 27.5 Å². The quantitative estimate of drug-likeness (QED) is 0.350. The van der Waals surface area contributed by atoms with E-state index >= 15 is 0 Å². The Morgan fingerprint density at radius 1 is 1.47 bits per heavy atom. The Morgan fingerprint density at radius 3 is 2.95 bits per heavy atom. The summed E-state index contributed by atoms with van der Waals surface area (Å²) >= 11 is 0. The van der Waals surface area contributed by atoms with Gasteiger partial charge in [-0.25, -0.2) is 4.68 Å². The monoisotopic (exact) mass is 282 g/mol. The highest BCUT2D eigenvalue weighted by Gasteiger charge is 2.14. The fourth-order valence-electron chi connectivity index (χ4n) is 1.69. The number of non-ortho nitro benzene ring substituents is 1. The van der Waals surface area contributed by atoms with Crippen LogP contribution in [0.2, 0.25) is 0 Å². The van der Waals surface area contributed by atoms with Crippen LogP contribution in [-0.4, -0.2) is 39.6 Å². The molecule has 19 heavy (non-hydrogen) atoms. The molecule has 0 atom stereocenters. The first-order valence-electron chi connectivity index (χ1n) is 5.80. The maximum absolute atomic E-state index is 10.9. The molecule has 7 heteroatoms. The molecule has 0 unspecified atom stereocenters. The lowest BCUT2D eigenvalue weighted by Gasteiger charge is -2.02. The molecule has 1 aromatic carbocycles. The minimum absolute atomic E-state index is 0.0763. The van der Waals surface area contributed by atoms with E-state index in [1.54, 1.807) is 23.0 Å². The molecule has 0 amide bonds. The summed E-state index contributed by atoms with van der Waals surface area (Å²) < 4.78 is 7.10. The lowest BCUT2D eigenvalue weighted by atomic mass is 10.2. The van der Waals surface area contributed by atoms with Crippen LogP contribution in [0.15, 0.2) is 24.4 Å². The second kappa shape index (κ2) is 6.03. The van der Waals surface area contributed by atoms with Crippen molar-refractivity contribution in [1.82, 2.24) is 9.78 Å². The number of hydrogen-bond donors (Lipinski definition) is 0. The molecule has 0 aliphatic carbocycles. The largest absolute Gasteiger partial charge is 0.354 e. The normalized spacial score (nSPS) is 11.3. The molecule has 2 rings (SSSR count). The van der Waals surface area contributed by atoms with Crippen LogP contribution in [0.3, 0.4) is 0 Å². The van der Waals surface area contributed by atoms with Gasteiger partial charge in [0.2, 0.25) is 0 Å². The van der Waals surface area contributed by atoms with Crippen molar-refractivity contribution < 1.29 is 9.66 Å². The molecule has 0 fully saturated rings. The summed E-state index contributed by atoms with van der Waals surface area (Å²) in [5.74, 6) is 1.01. The summed E-state index contributed by atoms with van der Waals surface area (Å²) in [7, 11) is 0.358. The van der Waals surface area contributed by atoms with E-state index in [4.69, 9.17) is 4.74 Å². The van der Waals surface area contributed by atoms with Crippen molar-refractivity contribution in [2.45, 2.75) is 6.73 Å². The minimum Gasteiger partial charge on any atom is -0.354 e. The molecule has 1 aromatic heterocycles. The predicted molar refractivity (Wildman–Crippen MR) is 76.4 cm³/mol. The van der Waals surface area contributed by atoms with E-state index in [0.29, 0.717) is 35.1 Å². The molecule has 0 spiro atoms. The van der Waals surface area contributed by atoms with Crippen LogP contribution < -0.4 is 0 Å². The van der Waals surface area contributed by atoms with Gasteiger partial charge in [0.15, 0.2) is 0 Å². The molecule has 102 valence electrons. The van der Waals surface area contributed by atoms with Gasteiger partial charge in [0.05, 0.1) is 34.9 Å². The van der Waals surface area contributed by atoms with E-state index in [9.17, 15) is 10.1 Å². The number of fused-ring (bicyclic) bond motifs is 1. The zero-order valence-corrected chi connectivity index (χ0v) is 11.7. The molecular formula is C12H16N3O3S+. The van der Waals surface area contributed by atoms with Crippen LogP contribution in [-0.2, 0) is 22.4 Å². The van der Waals surface area contributed by atoms with E-state index in [1.807, 2.05) is 0 Å². The van der Waals surface area contributed by atoms with Gasteiger partial charge in [-0.05, 0) is 17.0 Å². The highest BCUT2D eigenvalue weighted by molar-refractivity contribution is 7.95. The number of benzene rings is 1. The van der Waals surface area contributed by atoms with Gasteiger partial charge >= 0.3 is 0 Å². The summed E-state index contributed by atoms with van der Waals surface area (Å²) in [6, 6.07) is 4.88. The third-order valence-electron chi connectivity index (χ3n) is 2.63. The number of nitrogens with zero attached hydrogens (tertiary/aromatic N) is 3. The Bertz CT molecular complexity index is 583. The summed E-state index contributed by atoms with van der Waals surface area (Å²) in [4.78, 5) is 10.5. The van der Waals surface area contributed by atoms with Crippen molar-refractivity contribution in [1.29, 1.82) is 0 Å². The van der Waals surface area contributed by atoms with Gasteiger partial charge in [-0.15, -0.1) is 0 Å². The third-order valence-corrected chi connectivity index (χ3v) is 3.61. The maximum Gasteiger partial charge on any atom is 0.280 e. The standard InChI is InChI=1S/C12H16N3O3S/c1-19(2)7-6-18-9-14-8-10-11(13-14)4-3-5-12(10)15(16)17/h3-5,8H,6-7,9H2,1-2H3/q+1. The van der Waals surface area contributed by atoms with Crippen molar-refractivity contribution in [3.8, 4) is 0 Å². The molecule has 0 aliphatic rings. The molecule has 0 bridgehead atoms. The van der Waals surface area contributed by atoms with Crippen LogP contribution in [0.1, 0.15) is 0 Å². The molecule has 2 aromatic rings. The molecule has 1 heterocycles. The van der Waals surface area contributed by atoms with E-state index in [-0.39, 0.29) is 5.69 Å². The van der Waals surface area contributed by atoms with Crippen molar-refractivity contribution in [3.63, 3.8) is 0 Å². The predicted octanol–water partition coefficient (Wildman–Crippen LogP) is 1.80. The van der Waals surface area contributed by atoms with Crippen LogP contribution in [0.4, 0.5) is 5.69 Å². The van der Waals surface area contributed by atoms with Crippen LogP contribution in [0.25, 0.3) is 10.9 Å². The summed E-state index contributed by atoms with van der Waals surface area (Å²) in [5, 5.41) is 15.7. The fourth-order valence-corrected chi connectivity index (χ4v) is 2.14. The number of hydrogen-bond acceptors (Lipinski definition) is 4. The average Bonchev–Trinajstić information content (AvgIpc) is 2.76. The Balaban J connectivity index is 2.09. The van der Waals surface area contributed by atoms with Gasteiger partial charge in [-0.1, -0.05) is 6.07 Å². The van der Waals surface area contributed by atoms with Crippen molar-refractivity contribution in [2.75, 3.05) is 24.9 Å². The molecule has 0 N–H and O–H groups in total. The second-order valence-corrected chi connectivity index (χ2v) is 6.74. The topological polar surface area (TPSA) is 70.2 Å². The van der Waals surface area contributed by atoms with Gasteiger partial charge in [0, 0.05) is 12.3 Å². The first-order valence-corrected chi connectivity index (χ1v) is 8.01. The van der Waals surface area contributed by atoms with Crippen LogP contribution >= 0.6 is 0 Å². The van der Waals surface area contributed by atoms with Gasteiger partial charge in [-0.3, -0.25) is 10.1 Å². The van der Waals surface area contributed by atoms with Gasteiger partial charge in [0.1, 0.15) is 12.5 Å². The Labute approximate surface area is 113 Å². The van der Waals surface area contributed by atoms with Crippen LogP contribution in [0, 0.1) is 10.1 Å². The Hall–Kier alpha value is -1.60. The Kier molecular flexibility index (Phi) is 4.39. The van der Waals surface area contributed by atoms with Crippen LogP contribution in [0.5, 0.6) is 0 Å². The zero-order valence-electron chi connectivity index (χ0n) is 10.9. The lowest BCUT2D eigenvalue weighted by molar-refractivity contribution is -0.383. The molecule has 6 nitrogen and oxygen atoms in total. The third kappa shape index (κ3) is 3.45.